The lowest BCUT2D eigenvalue weighted by Gasteiger charge is -2.32. The number of imidazole rings is 1. The van der Waals surface area contributed by atoms with Crippen molar-refractivity contribution in [2.75, 3.05) is 23.7 Å². The first kappa shape index (κ1) is 21.3. The van der Waals surface area contributed by atoms with Gasteiger partial charge in [0.2, 0.25) is 5.95 Å². The molecule has 4 heterocycles. The summed E-state index contributed by atoms with van der Waals surface area (Å²) >= 11 is 3.46. The number of aromatic nitrogens is 5. The monoisotopic (exact) mass is 470 g/mol. The Morgan fingerprint density at radius 3 is 2.91 bits per heavy atom. The Labute approximate surface area is 193 Å². The lowest BCUT2D eigenvalue weighted by molar-refractivity contribution is 0.438. The minimum atomic E-state index is -0.433. The molecule has 0 spiro atoms. The van der Waals surface area contributed by atoms with E-state index in [0.29, 0.717) is 23.6 Å². The number of benzene rings is 1. The van der Waals surface area contributed by atoms with Gasteiger partial charge in [-0.15, -0.1) is 11.3 Å². The molecule has 0 radical (unpaired) electrons. The van der Waals surface area contributed by atoms with Crippen LogP contribution in [0, 0.1) is 5.92 Å². The van der Waals surface area contributed by atoms with Gasteiger partial charge in [-0.05, 0) is 37.3 Å². The molecule has 0 aliphatic carbocycles. The van der Waals surface area contributed by atoms with Crippen LogP contribution in [-0.4, -0.2) is 42.9 Å². The third kappa shape index (κ3) is 3.97. The third-order valence-corrected chi connectivity index (χ3v) is 8.22. The van der Waals surface area contributed by atoms with Crippen molar-refractivity contribution in [2.24, 2.45) is 13.0 Å². The normalized spacial score (nSPS) is 16.9. The first-order chi connectivity index (χ1) is 15.5. The minimum absolute atomic E-state index is 0.370. The Morgan fingerprint density at radius 1 is 1.25 bits per heavy atom. The van der Waals surface area contributed by atoms with Crippen LogP contribution in [0.1, 0.15) is 26.2 Å². The summed E-state index contributed by atoms with van der Waals surface area (Å²) in [6.07, 6.45) is 3.17. The summed E-state index contributed by atoms with van der Waals surface area (Å²) in [6, 6.07) is 8.18. The van der Waals surface area contributed by atoms with E-state index >= 15 is 0 Å². The van der Waals surface area contributed by atoms with Gasteiger partial charge in [0.25, 0.3) is 5.56 Å². The highest BCUT2D eigenvalue weighted by molar-refractivity contribution is 8.01. The van der Waals surface area contributed by atoms with Gasteiger partial charge in [0.1, 0.15) is 0 Å². The average Bonchev–Trinajstić information content (AvgIpc) is 3.37. The van der Waals surface area contributed by atoms with Gasteiger partial charge in [-0.1, -0.05) is 30.8 Å². The Morgan fingerprint density at radius 2 is 2.09 bits per heavy atom. The molecule has 168 valence electrons. The fraction of sp³-hybridized carbons (Fsp3) is 0.455. The fourth-order valence-corrected chi connectivity index (χ4v) is 6.41. The fourth-order valence-electron chi connectivity index (χ4n) is 4.34. The number of aromatic amines is 1. The third-order valence-electron chi connectivity index (χ3n) is 5.95. The zero-order chi connectivity index (χ0) is 22.2. The molecule has 8 nitrogen and oxygen atoms in total. The maximum absolute atomic E-state index is 12.7. The summed E-state index contributed by atoms with van der Waals surface area (Å²) < 4.78 is 5.70. The number of thiazole rings is 1. The molecular formula is C22H26N6O2S2. The smallest absolute Gasteiger partial charge is 0.329 e. The molecule has 1 aromatic carbocycles. The van der Waals surface area contributed by atoms with E-state index in [1.54, 1.807) is 30.1 Å². The zero-order valence-electron chi connectivity index (χ0n) is 18.2. The first-order valence-corrected chi connectivity index (χ1v) is 12.7. The molecule has 5 rings (SSSR count). The second kappa shape index (κ2) is 8.74. The van der Waals surface area contributed by atoms with Crippen molar-refractivity contribution < 1.29 is 0 Å². The van der Waals surface area contributed by atoms with Crippen LogP contribution in [0.4, 0.5) is 5.95 Å². The van der Waals surface area contributed by atoms with Gasteiger partial charge in [0.05, 0.1) is 10.2 Å². The molecule has 4 aromatic rings. The lowest BCUT2D eigenvalue weighted by Crippen LogP contribution is -2.36. The number of nitrogens with one attached hydrogen (secondary N) is 1. The number of fused-ring (bicyclic) bond motifs is 2. The highest BCUT2D eigenvalue weighted by Crippen LogP contribution is 2.30. The van der Waals surface area contributed by atoms with Gasteiger partial charge in [0.15, 0.2) is 15.5 Å². The average molecular weight is 471 g/mol. The quantitative estimate of drug-likeness (QED) is 0.343. The number of aryl methyl sites for hydroxylation is 2. The second-order valence-electron chi connectivity index (χ2n) is 8.40. The van der Waals surface area contributed by atoms with Crippen LogP contribution in [0.15, 0.2) is 38.2 Å². The molecular weight excluding hydrogens is 444 g/mol. The van der Waals surface area contributed by atoms with Crippen molar-refractivity contribution in [2.45, 2.75) is 37.1 Å². The van der Waals surface area contributed by atoms with Crippen LogP contribution in [0.2, 0.25) is 0 Å². The van der Waals surface area contributed by atoms with Crippen molar-refractivity contribution in [1.29, 1.82) is 0 Å². The highest BCUT2D eigenvalue weighted by atomic mass is 32.2. The predicted molar refractivity (Wildman–Crippen MR) is 131 cm³/mol. The number of hydrogen-bond donors (Lipinski definition) is 1. The molecule has 0 saturated carbocycles. The van der Waals surface area contributed by atoms with Crippen molar-refractivity contribution in [3.63, 3.8) is 0 Å². The van der Waals surface area contributed by atoms with Gasteiger partial charge in [-0.2, -0.15) is 4.98 Å². The molecule has 0 unspecified atom stereocenters. The SMILES string of the molecule is C[C@@H]1CCCN(c2nc3c(c(=O)[nH]c(=O)n3C)n2CCCSc2nc3ccccc3s2)C1. The lowest BCUT2D eigenvalue weighted by atomic mass is 10.0. The van der Waals surface area contributed by atoms with Crippen molar-refractivity contribution in [3.8, 4) is 0 Å². The van der Waals surface area contributed by atoms with E-state index in [1.165, 1.54) is 15.7 Å². The van der Waals surface area contributed by atoms with Gasteiger partial charge in [0, 0.05) is 32.4 Å². The molecule has 32 heavy (non-hydrogen) atoms. The van der Waals surface area contributed by atoms with Crippen molar-refractivity contribution in [1.82, 2.24) is 24.1 Å². The predicted octanol–water partition coefficient (Wildman–Crippen LogP) is 3.45. The number of piperidine rings is 1. The van der Waals surface area contributed by atoms with Gasteiger partial charge >= 0.3 is 5.69 Å². The number of hydrogen-bond acceptors (Lipinski definition) is 7. The Balaban J connectivity index is 1.41. The summed E-state index contributed by atoms with van der Waals surface area (Å²) in [5.41, 5.74) is 1.16. The van der Waals surface area contributed by atoms with E-state index in [-0.39, 0.29) is 5.56 Å². The molecule has 10 heteroatoms. The standard InChI is InChI=1S/C22H26N6O2S2/c1-14-7-5-10-27(13-14)20-24-18-17(19(29)25-21(30)26(18)2)28(20)11-6-12-31-22-23-15-8-3-4-9-16(15)32-22/h3-4,8-9,14H,5-7,10-13H2,1-2H3,(H,25,29,30)/t14-/m1/s1. The number of para-hydroxylation sites is 1. The number of anilines is 1. The molecule has 1 N–H and O–H groups in total. The summed E-state index contributed by atoms with van der Waals surface area (Å²) in [7, 11) is 1.66. The highest BCUT2D eigenvalue weighted by Gasteiger charge is 2.24. The van der Waals surface area contributed by atoms with Crippen LogP contribution in [0.3, 0.4) is 0 Å². The molecule has 1 atom stereocenters. The van der Waals surface area contributed by atoms with Crippen LogP contribution in [0.5, 0.6) is 0 Å². The zero-order valence-corrected chi connectivity index (χ0v) is 19.8. The first-order valence-electron chi connectivity index (χ1n) is 10.9. The van der Waals surface area contributed by atoms with Gasteiger partial charge in [-0.25, -0.2) is 9.78 Å². The number of H-pyrrole nitrogens is 1. The largest absolute Gasteiger partial charge is 0.342 e. The van der Waals surface area contributed by atoms with Gasteiger partial charge in [-0.3, -0.25) is 14.3 Å². The molecule has 0 bridgehead atoms. The maximum atomic E-state index is 12.7. The number of nitrogens with zero attached hydrogens (tertiary/aromatic N) is 5. The summed E-state index contributed by atoms with van der Waals surface area (Å²) in [6.45, 7) is 4.74. The number of rotatable bonds is 6. The topological polar surface area (TPSA) is 88.8 Å². The van der Waals surface area contributed by atoms with Crippen LogP contribution < -0.4 is 16.1 Å². The number of thioether (sulfide) groups is 1. The van der Waals surface area contributed by atoms with E-state index < -0.39 is 5.69 Å². The molecule has 3 aromatic heterocycles. The van der Waals surface area contributed by atoms with Crippen LogP contribution >= 0.6 is 23.1 Å². The van der Waals surface area contributed by atoms with Crippen molar-refractivity contribution in [3.05, 3.63) is 45.1 Å². The molecule has 1 fully saturated rings. The Kier molecular flexibility index (Phi) is 5.81. The van der Waals surface area contributed by atoms with E-state index in [4.69, 9.17) is 9.97 Å². The Bertz CT molecular complexity index is 1350. The Hall–Kier alpha value is -2.59. The minimum Gasteiger partial charge on any atom is -0.342 e. The molecule has 1 aliphatic rings. The second-order valence-corrected chi connectivity index (χ2v) is 10.8. The van der Waals surface area contributed by atoms with E-state index in [0.717, 1.165) is 47.5 Å². The summed E-state index contributed by atoms with van der Waals surface area (Å²) in [5.74, 6) is 2.26. The van der Waals surface area contributed by atoms with Gasteiger partial charge < -0.3 is 9.47 Å². The van der Waals surface area contributed by atoms with Crippen LogP contribution in [-0.2, 0) is 13.6 Å². The molecule has 1 saturated heterocycles. The van der Waals surface area contributed by atoms with Crippen molar-refractivity contribution >= 4 is 50.4 Å². The molecule has 0 amide bonds. The maximum Gasteiger partial charge on any atom is 0.329 e. The summed E-state index contributed by atoms with van der Waals surface area (Å²) in [5, 5.41) is 0. The van der Waals surface area contributed by atoms with E-state index in [1.807, 2.05) is 22.8 Å². The van der Waals surface area contributed by atoms with E-state index in [9.17, 15) is 9.59 Å². The summed E-state index contributed by atoms with van der Waals surface area (Å²) in [4.78, 5) is 39.0. The van der Waals surface area contributed by atoms with Crippen LogP contribution in [0.25, 0.3) is 21.4 Å². The molecule has 1 aliphatic heterocycles. The van der Waals surface area contributed by atoms with E-state index in [2.05, 4.69) is 22.9 Å².